The number of pyridine rings is 1. The van der Waals surface area contributed by atoms with Gasteiger partial charge in [-0.25, -0.2) is 0 Å². The Kier molecular flexibility index (Phi) is 4.63. The summed E-state index contributed by atoms with van der Waals surface area (Å²) in [5.41, 5.74) is -0.300. The van der Waals surface area contributed by atoms with Crippen LogP contribution in [0.25, 0.3) is 10.9 Å². The summed E-state index contributed by atoms with van der Waals surface area (Å²) in [4.78, 5) is 27.3. The van der Waals surface area contributed by atoms with E-state index in [9.17, 15) is 9.59 Å². The predicted octanol–water partition coefficient (Wildman–Crippen LogP) is 2.46. The van der Waals surface area contributed by atoms with E-state index in [1.54, 1.807) is 18.2 Å². The molecule has 0 aliphatic carbocycles. The van der Waals surface area contributed by atoms with Crippen LogP contribution in [0.3, 0.4) is 0 Å². The van der Waals surface area contributed by atoms with Crippen molar-refractivity contribution in [2.45, 2.75) is 33.2 Å². The molecule has 2 rings (SSSR count). The molecule has 6 heteroatoms. The maximum atomic E-state index is 12.3. The fourth-order valence-electron chi connectivity index (χ4n) is 2.25. The van der Waals surface area contributed by atoms with E-state index in [1.807, 2.05) is 27.7 Å². The maximum absolute atomic E-state index is 12.3. The van der Waals surface area contributed by atoms with E-state index in [1.165, 1.54) is 7.11 Å². The number of methoxy groups -OCH3 is 1. The Morgan fingerprint density at radius 3 is 2.57 bits per heavy atom. The number of aromatic amines is 1. The Morgan fingerprint density at radius 2 is 2.00 bits per heavy atom. The molecule has 124 valence electrons. The molecule has 0 saturated carbocycles. The second-order valence-corrected chi connectivity index (χ2v) is 6.21. The van der Waals surface area contributed by atoms with Crippen molar-refractivity contribution in [2.24, 2.45) is 0 Å². The van der Waals surface area contributed by atoms with Gasteiger partial charge in [-0.3, -0.25) is 9.59 Å². The van der Waals surface area contributed by atoms with Crippen LogP contribution in [0.5, 0.6) is 11.5 Å². The van der Waals surface area contributed by atoms with Crippen molar-refractivity contribution in [3.63, 3.8) is 0 Å². The van der Waals surface area contributed by atoms with Crippen molar-refractivity contribution in [2.75, 3.05) is 13.7 Å². The Labute approximate surface area is 134 Å². The number of carbonyl (C=O) groups excluding carboxylic acids is 1. The van der Waals surface area contributed by atoms with E-state index in [-0.39, 0.29) is 5.56 Å². The summed E-state index contributed by atoms with van der Waals surface area (Å²) in [6.45, 7) is 7.86. The normalized spacial score (nSPS) is 11.3. The molecule has 0 spiro atoms. The smallest absolute Gasteiger partial charge is 0.261 e. The van der Waals surface area contributed by atoms with Gasteiger partial charge in [0, 0.05) is 10.9 Å². The van der Waals surface area contributed by atoms with Crippen LogP contribution in [0.4, 0.5) is 0 Å². The first-order chi connectivity index (χ1) is 10.8. The van der Waals surface area contributed by atoms with Crippen LogP contribution in [-0.2, 0) is 0 Å². The molecule has 0 radical (unpaired) electrons. The van der Waals surface area contributed by atoms with Crippen molar-refractivity contribution in [1.29, 1.82) is 0 Å². The molecule has 1 aromatic heterocycles. The molecule has 2 N–H and O–H groups in total. The third kappa shape index (κ3) is 3.64. The van der Waals surface area contributed by atoms with E-state index in [0.717, 1.165) is 0 Å². The fourth-order valence-corrected chi connectivity index (χ4v) is 2.25. The molecular weight excluding hydrogens is 296 g/mol. The third-order valence-electron chi connectivity index (χ3n) is 3.18. The number of hydrogen-bond donors (Lipinski definition) is 2. The number of ether oxygens (including phenoxy) is 2. The quantitative estimate of drug-likeness (QED) is 0.907. The Morgan fingerprint density at radius 1 is 1.30 bits per heavy atom. The van der Waals surface area contributed by atoms with Crippen molar-refractivity contribution in [1.82, 2.24) is 10.3 Å². The first-order valence-corrected chi connectivity index (χ1v) is 7.46. The topological polar surface area (TPSA) is 80.4 Å². The van der Waals surface area contributed by atoms with Gasteiger partial charge in [-0.15, -0.1) is 0 Å². The highest BCUT2D eigenvalue weighted by Gasteiger charge is 2.20. The summed E-state index contributed by atoms with van der Waals surface area (Å²) < 4.78 is 10.8. The first kappa shape index (κ1) is 16.9. The monoisotopic (exact) mass is 318 g/mol. The zero-order chi connectivity index (χ0) is 17.2. The van der Waals surface area contributed by atoms with Crippen LogP contribution >= 0.6 is 0 Å². The second kappa shape index (κ2) is 6.32. The van der Waals surface area contributed by atoms with Gasteiger partial charge < -0.3 is 19.8 Å². The van der Waals surface area contributed by atoms with Gasteiger partial charge in [0.15, 0.2) is 11.5 Å². The lowest BCUT2D eigenvalue weighted by molar-refractivity contribution is 0.0918. The van der Waals surface area contributed by atoms with Gasteiger partial charge >= 0.3 is 0 Å². The lowest BCUT2D eigenvalue weighted by Crippen LogP contribution is -2.42. The molecule has 0 atom stereocenters. The van der Waals surface area contributed by atoms with Gasteiger partial charge in [-0.1, -0.05) is 0 Å². The lowest BCUT2D eigenvalue weighted by Gasteiger charge is -2.20. The summed E-state index contributed by atoms with van der Waals surface area (Å²) >= 11 is 0. The molecule has 2 aromatic rings. The van der Waals surface area contributed by atoms with E-state index in [0.29, 0.717) is 29.0 Å². The third-order valence-corrected chi connectivity index (χ3v) is 3.18. The van der Waals surface area contributed by atoms with Gasteiger partial charge in [0.25, 0.3) is 11.5 Å². The van der Waals surface area contributed by atoms with Crippen LogP contribution in [-0.4, -0.2) is 30.1 Å². The summed E-state index contributed by atoms with van der Waals surface area (Å²) in [6, 6.07) is 5.09. The first-order valence-electron chi connectivity index (χ1n) is 7.46. The molecule has 23 heavy (non-hydrogen) atoms. The molecule has 0 aliphatic rings. The molecule has 1 heterocycles. The molecular formula is C17H22N2O4. The van der Waals surface area contributed by atoms with Crippen LogP contribution in [0.2, 0.25) is 0 Å². The minimum absolute atomic E-state index is 0.0695. The van der Waals surface area contributed by atoms with Crippen molar-refractivity contribution in [3.05, 3.63) is 34.1 Å². The number of amides is 1. The van der Waals surface area contributed by atoms with Crippen molar-refractivity contribution < 1.29 is 14.3 Å². The number of carbonyl (C=O) groups is 1. The zero-order valence-electron chi connectivity index (χ0n) is 14.1. The van der Waals surface area contributed by atoms with Gasteiger partial charge in [0.05, 0.1) is 19.2 Å². The minimum atomic E-state index is -0.464. The van der Waals surface area contributed by atoms with Gasteiger partial charge in [-0.05, 0) is 45.9 Å². The van der Waals surface area contributed by atoms with E-state index >= 15 is 0 Å². The summed E-state index contributed by atoms with van der Waals surface area (Å²) in [6.07, 6.45) is 0. The Bertz CT molecular complexity index is 788. The standard InChI is InChI=1S/C17H22N2O4/c1-6-23-14-12(22-5)8-7-10-9-11(15(20)18-13(10)14)16(21)19-17(2,3)4/h7-9H,6H2,1-5H3,(H,18,20)(H,19,21). The van der Waals surface area contributed by atoms with Gasteiger partial charge in [-0.2, -0.15) is 0 Å². The number of rotatable bonds is 4. The fraction of sp³-hybridized carbons (Fsp3) is 0.412. The summed E-state index contributed by atoms with van der Waals surface area (Å²) in [5, 5.41) is 3.49. The largest absolute Gasteiger partial charge is 0.493 e. The number of benzene rings is 1. The highest BCUT2D eigenvalue weighted by molar-refractivity contribution is 5.98. The van der Waals surface area contributed by atoms with Crippen LogP contribution < -0.4 is 20.3 Å². The van der Waals surface area contributed by atoms with E-state index in [4.69, 9.17) is 9.47 Å². The second-order valence-electron chi connectivity index (χ2n) is 6.21. The van der Waals surface area contributed by atoms with Crippen LogP contribution in [0.15, 0.2) is 23.0 Å². The Balaban J connectivity index is 2.59. The number of hydrogen-bond acceptors (Lipinski definition) is 4. The molecule has 0 unspecified atom stereocenters. The predicted molar refractivity (Wildman–Crippen MR) is 89.5 cm³/mol. The van der Waals surface area contributed by atoms with Crippen LogP contribution in [0, 0.1) is 0 Å². The molecule has 0 saturated heterocycles. The van der Waals surface area contributed by atoms with E-state index < -0.39 is 17.0 Å². The van der Waals surface area contributed by atoms with Gasteiger partial charge in [0.1, 0.15) is 5.56 Å². The number of nitrogens with one attached hydrogen (secondary N) is 2. The molecule has 1 amide bonds. The number of aromatic nitrogens is 1. The SMILES string of the molecule is CCOc1c(OC)ccc2cc(C(=O)NC(C)(C)C)c(=O)[nH]c12. The minimum Gasteiger partial charge on any atom is -0.493 e. The molecule has 0 aliphatic heterocycles. The zero-order valence-corrected chi connectivity index (χ0v) is 14.1. The van der Waals surface area contributed by atoms with Crippen LogP contribution in [0.1, 0.15) is 38.1 Å². The molecule has 0 fully saturated rings. The highest BCUT2D eigenvalue weighted by atomic mass is 16.5. The average molecular weight is 318 g/mol. The average Bonchev–Trinajstić information content (AvgIpc) is 2.45. The molecule has 6 nitrogen and oxygen atoms in total. The van der Waals surface area contributed by atoms with Crippen molar-refractivity contribution >= 4 is 16.8 Å². The Hall–Kier alpha value is -2.50. The highest BCUT2D eigenvalue weighted by Crippen LogP contribution is 2.33. The van der Waals surface area contributed by atoms with E-state index in [2.05, 4.69) is 10.3 Å². The lowest BCUT2D eigenvalue weighted by atomic mass is 10.1. The van der Waals surface area contributed by atoms with Crippen molar-refractivity contribution in [3.8, 4) is 11.5 Å². The number of fused-ring (bicyclic) bond motifs is 1. The summed E-state index contributed by atoms with van der Waals surface area (Å²) in [5.74, 6) is 0.587. The van der Waals surface area contributed by atoms with Gasteiger partial charge in [0.2, 0.25) is 0 Å². The number of H-pyrrole nitrogens is 1. The summed E-state index contributed by atoms with van der Waals surface area (Å²) in [7, 11) is 1.53. The molecule has 1 aromatic carbocycles. The molecule has 0 bridgehead atoms. The maximum Gasteiger partial charge on any atom is 0.261 e.